The summed E-state index contributed by atoms with van der Waals surface area (Å²) >= 11 is 0. The Labute approximate surface area is 76.3 Å². The van der Waals surface area contributed by atoms with Crippen LogP contribution in [-0.4, -0.2) is 10.2 Å². The molecule has 1 rings (SSSR count). The number of aromatic nitrogens is 2. The Morgan fingerprint density at radius 1 is 1.31 bits per heavy atom. The number of rotatable bonds is 1. The summed E-state index contributed by atoms with van der Waals surface area (Å²) in [4.78, 5) is 0. The molecular weight excluding hydrogens is 174 g/mol. The van der Waals surface area contributed by atoms with E-state index in [0.717, 1.165) is 0 Å². The summed E-state index contributed by atoms with van der Waals surface area (Å²) in [5.74, 6) is 0. The zero-order chi connectivity index (χ0) is 10.2. The Hall–Kier alpha value is -0.930. The van der Waals surface area contributed by atoms with Gasteiger partial charge in [-0.05, 0) is 12.3 Å². The lowest BCUT2D eigenvalue weighted by atomic mass is 9.85. The molecule has 0 aliphatic carbocycles. The fourth-order valence-electron chi connectivity index (χ4n) is 1.56. The van der Waals surface area contributed by atoms with Crippen LogP contribution in [0.3, 0.4) is 0 Å². The minimum atomic E-state index is -2.48. The zero-order valence-electron chi connectivity index (χ0n) is 8.28. The van der Waals surface area contributed by atoms with Gasteiger partial charge in [0, 0.05) is 5.56 Å². The SMILES string of the molecule is Cc1n[nH]c(C(F)F)c1C(C)(C)C. The van der Waals surface area contributed by atoms with Gasteiger partial charge in [0.15, 0.2) is 0 Å². The molecule has 0 aliphatic heterocycles. The second kappa shape index (κ2) is 3.09. The van der Waals surface area contributed by atoms with Gasteiger partial charge in [-0.3, -0.25) is 5.10 Å². The Kier molecular flexibility index (Phi) is 2.41. The molecule has 2 nitrogen and oxygen atoms in total. The standard InChI is InChI=1S/C9H14F2N2/c1-5-6(9(2,3)4)7(8(10)11)13-12-5/h8H,1-4H3,(H,12,13). The summed E-state index contributed by atoms with van der Waals surface area (Å²) < 4.78 is 25.0. The number of aryl methyl sites for hydroxylation is 1. The van der Waals surface area contributed by atoms with E-state index in [-0.39, 0.29) is 11.1 Å². The molecule has 1 N–H and O–H groups in total. The van der Waals surface area contributed by atoms with Gasteiger partial charge >= 0.3 is 0 Å². The third-order valence-electron chi connectivity index (χ3n) is 1.94. The third kappa shape index (κ3) is 1.87. The van der Waals surface area contributed by atoms with E-state index in [1.807, 2.05) is 20.8 Å². The van der Waals surface area contributed by atoms with Gasteiger partial charge < -0.3 is 0 Å². The first-order valence-electron chi connectivity index (χ1n) is 4.17. The van der Waals surface area contributed by atoms with Crippen molar-refractivity contribution in [1.82, 2.24) is 10.2 Å². The minimum absolute atomic E-state index is 0.0509. The maximum atomic E-state index is 12.5. The van der Waals surface area contributed by atoms with Gasteiger partial charge in [0.05, 0.1) is 5.69 Å². The molecule has 1 aromatic rings. The number of aromatic amines is 1. The molecule has 0 fully saturated rings. The second-order valence-corrected chi connectivity index (χ2v) is 4.15. The highest BCUT2D eigenvalue weighted by atomic mass is 19.3. The number of H-pyrrole nitrogens is 1. The van der Waals surface area contributed by atoms with Gasteiger partial charge in [0.25, 0.3) is 6.43 Å². The first kappa shape index (κ1) is 10.2. The summed E-state index contributed by atoms with van der Waals surface area (Å²) in [5.41, 5.74) is 0.943. The lowest BCUT2D eigenvalue weighted by molar-refractivity contribution is 0.143. The van der Waals surface area contributed by atoms with Crippen molar-refractivity contribution in [2.24, 2.45) is 0 Å². The van der Waals surface area contributed by atoms with E-state index in [4.69, 9.17) is 0 Å². The van der Waals surface area contributed by atoms with Crippen molar-refractivity contribution < 1.29 is 8.78 Å². The summed E-state index contributed by atoms with van der Waals surface area (Å²) in [6.45, 7) is 7.44. The molecule has 0 radical (unpaired) electrons. The van der Waals surface area contributed by atoms with E-state index < -0.39 is 6.43 Å². The molecule has 1 heterocycles. The van der Waals surface area contributed by atoms with Crippen LogP contribution in [0.2, 0.25) is 0 Å². The van der Waals surface area contributed by atoms with Gasteiger partial charge in [-0.2, -0.15) is 5.10 Å². The van der Waals surface area contributed by atoms with E-state index in [9.17, 15) is 8.78 Å². The van der Waals surface area contributed by atoms with Gasteiger partial charge in [0.1, 0.15) is 5.69 Å². The van der Waals surface area contributed by atoms with Crippen molar-refractivity contribution >= 4 is 0 Å². The molecule has 0 atom stereocenters. The maximum Gasteiger partial charge on any atom is 0.280 e. The molecule has 13 heavy (non-hydrogen) atoms. The van der Waals surface area contributed by atoms with Crippen LogP contribution in [0.4, 0.5) is 8.78 Å². The second-order valence-electron chi connectivity index (χ2n) is 4.15. The number of halogens is 2. The first-order valence-corrected chi connectivity index (χ1v) is 4.17. The smallest absolute Gasteiger partial charge is 0.276 e. The third-order valence-corrected chi connectivity index (χ3v) is 1.94. The molecule has 0 saturated carbocycles. The average molecular weight is 188 g/mol. The van der Waals surface area contributed by atoms with Crippen molar-refractivity contribution in [3.05, 3.63) is 17.0 Å². The van der Waals surface area contributed by atoms with Gasteiger partial charge in [-0.25, -0.2) is 8.78 Å². The largest absolute Gasteiger partial charge is 0.280 e. The van der Waals surface area contributed by atoms with Crippen LogP contribution in [0.5, 0.6) is 0 Å². The Balaban J connectivity index is 3.25. The highest BCUT2D eigenvalue weighted by molar-refractivity contribution is 5.32. The number of nitrogens with one attached hydrogen (secondary N) is 1. The predicted octanol–water partition coefficient (Wildman–Crippen LogP) is 2.95. The van der Waals surface area contributed by atoms with Gasteiger partial charge in [0.2, 0.25) is 0 Å². The Morgan fingerprint density at radius 3 is 2.15 bits per heavy atom. The molecule has 0 bridgehead atoms. The van der Waals surface area contributed by atoms with Crippen molar-refractivity contribution in [3.63, 3.8) is 0 Å². The number of hydrogen-bond donors (Lipinski definition) is 1. The minimum Gasteiger partial charge on any atom is -0.276 e. The first-order chi connectivity index (χ1) is 5.84. The molecule has 4 heteroatoms. The zero-order valence-corrected chi connectivity index (χ0v) is 8.28. The quantitative estimate of drug-likeness (QED) is 0.721. The maximum absolute atomic E-state index is 12.5. The summed E-state index contributed by atoms with van der Waals surface area (Å²) in [6.07, 6.45) is -2.48. The lowest BCUT2D eigenvalue weighted by Gasteiger charge is -2.19. The summed E-state index contributed by atoms with van der Waals surface area (Å²) in [6, 6.07) is 0. The van der Waals surface area contributed by atoms with Crippen LogP contribution < -0.4 is 0 Å². The van der Waals surface area contributed by atoms with Crippen LogP contribution in [-0.2, 0) is 5.41 Å². The van der Waals surface area contributed by atoms with Gasteiger partial charge in [-0.15, -0.1) is 0 Å². The molecule has 74 valence electrons. The summed E-state index contributed by atoms with van der Waals surface area (Å²) in [7, 11) is 0. The molecule has 0 spiro atoms. The fraction of sp³-hybridized carbons (Fsp3) is 0.667. The van der Waals surface area contributed by atoms with Crippen LogP contribution in [0.1, 0.15) is 44.1 Å². The number of hydrogen-bond acceptors (Lipinski definition) is 1. The predicted molar refractivity (Wildman–Crippen MR) is 47.0 cm³/mol. The van der Waals surface area contributed by atoms with E-state index in [0.29, 0.717) is 11.3 Å². The Bertz CT molecular complexity index is 297. The lowest BCUT2D eigenvalue weighted by Crippen LogP contribution is -2.14. The molecule has 0 amide bonds. The molecular formula is C9H14F2N2. The summed E-state index contributed by atoms with van der Waals surface area (Å²) in [5, 5.41) is 6.18. The van der Waals surface area contributed by atoms with Crippen molar-refractivity contribution in [2.45, 2.75) is 39.5 Å². The van der Waals surface area contributed by atoms with Crippen LogP contribution in [0.25, 0.3) is 0 Å². The molecule has 0 aliphatic rings. The average Bonchev–Trinajstić information content (AvgIpc) is 2.28. The van der Waals surface area contributed by atoms with E-state index >= 15 is 0 Å². The molecule has 1 aromatic heterocycles. The molecule has 0 aromatic carbocycles. The van der Waals surface area contributed by atoms with Crippen molar-refractivity contribution in [1.29, 1.82) is 0 Å². The van der Waals surface area contributed by atoms with Crippen LogP contribution >= 0.6 is 0 Å². The van der Waals surface area contributed by atoms with E-state index in [1.54, 1.807) is 6.92 Å². The monoisotopic (exact) mass is 188 g/mol. The fourth-order valence-corrected chi connectivity index (χ4v) is 1.56. The van der Waals surface area contributed by atoms with E-state index in [2.05, 4.69) is 10.2 Å². The molecule has 0 saturated heterocycles. The van der Waals surface area contributed by atoms with Crippen LogP contribution in [0, 0.1) is 6.92 Å². The normalized spacial score (nSPS) is 12.5. The van der Waals surface area contributed by atoms with Crippen molar-refractivity contribution in [2.75, 3.05) is 0 Å². The highest BCUT2D eigenvalue weighted by Gasteiger charge is 2.27. The van der Waals surface area contributed by atoms with E-state index in [1.165, 1.54) is 0 Å². The Morgan fingerprint density at radius 2 is 1.85 bits per heavy atom. The highest BCUT2D eigenvalue weighted by Crippen LogP contribution is 2.32. The van der Waals surface area contributed by atoms with Crippen molar-refractivity contribution in [3.8, 4) is 0 Å². The topological polar surface area (TPSA) is 28.7 Å². The number of nitrogens with zero attached hydrogens (tertiary/aromatic N) is 1. The van der Waals surface area contributed by atoms with Crippen LogP contribution in [0.15, 0.2) is 0 Å². The van der Waals surface area contributed by atoms with Gasteiger partial charge in [-0.1, -0.05) is 20.8 Å². The number of alkyl halides is 2. The molecule has 0 unspecified atom stereocenters.